The largest absolute Gasteiger partial charge is 0.310 e. The monoisotopic (exact) mass is 289 g/mol. The number of nitrogens with zero attached hydrogens (tertiary/aromatic N) is 2. The standard InChI is InChI=1S/C17H24FN3/c1-6-14-12(4)20-21(13(14)5)17-15(11(3)19-7-2)9-8-10-16(17)18/h8-11,19H,6-7H2,1-5H3. The van der Waals surface area contributed by atoms with E-state index in [1.54, 1.807) is 10.7 Å². The van der Waals surface area contributed by atoms with Crippen LogP contribution >= 0.6 is 0 Å². The molecule has 114 valence electrons. The van der Waals surface area contributed by atoms with Crippen LogP contribution in [0.15, 0.2) is 18.2 Å². The lowest BCUT2D eigenvalue weighted by Gasteiger charge is -2.18. The predicted octanol–water partition coefficient (Wildman–Crippen LogP) is 3.86. The van der Waals surface area contributed by atoms with E-state index in [0.717, 1.165) is 29.9 Å². The topological polar surface area (TPSA) is 29.9 Å². The van der Waals surface area contributed by atoms with E-state index in [9.17, 15) is 4.39 Å². The Morgan fingerprint density at radius 1 is 1.29 bits per heavy atom. The van der Waals surface area contributed by atoms with E-state index in [2.05, 4.69) is 17.3 Å². The van der Waals surface area contributed by atoms with Gasteiger partial charge in [0.25, 0.3) is 0 Å². The van der Waals surface area contributed by atoms with Gasteiger partial charge < -0.3 is 5.32 Å². The molecule has 1 aromatic heterocycles. The van der Waals surface area contributed by atoms with Gasteiger partial charge in [0.05, 0.1) is 5.69 Å². The molecular formula is C17H24FN3. The summed E-state index contributed by atoms with van der Waals surface area (Å²) in [6, 6.07) is 5.30. The molecule has 4 heteroatoms. The van der Waals surface area contributed by atoms with Gasteiger partial charge in [-0.1, -0.05) is 26.0 Å². The third-order valence-corrected chi connectivity index (χ3v) is 4.00. The molecule has 0 radical (unpaired) electrons. The first kappa shape index (κ1) is 15.7. The molecule has 21 heavy (non-hydrogen) atoms. The average molecular weight is 289 g/mol. The molecule has 1 atom stereocenters. The summed E-state index contributed by atoms with van der Waals surface area (Å²) >= 11 is 0. The number of aryl methyl sites for hydroxylation is 1. The normalized spacial score (nSPS) is 12.7. The Labute approximate surface area is 126 Å². The van der Waals surface area contributed by atoms with Crippen LogP contribution in [0.25, 0.3) is 5.69 Å². The highest BCUT2D eigenvalue weighted by Crippen LogP contribution is 2.27. The van der Waals surface area contributed by atoms with Crippen molar-refractivity contribution in [3.63, 3.8) is 0 Å². The number of benzene rings is 1. The maximum Gasteiger partial charge on any atom is 0.149 e. The Morgan fingerprint density at radius 3 is 2.57 bits per heavy atom. The van der Waals surface area contributed by atoms with Crippen molar-refractivity contribution in [2.45, 2.75) is 47.1 Å². The molecule has 0 spiro atoms. The highest BCUT2D eigenvalue weighted by atomic mass is 19.1. The molecule has 0 amide bonds. The van der Waals surface area contributed by atoms with E-state index in [-0.39, 0.29) is 11.9 Å². The van der Waals surface area contributed by atoms with Crippen molar-refractivity contribution >= 4 is 0 Å². The SMILES string of the molecule is CCNC(C)c1cccc(F)c1-n1nc(C)c(CC)c1C. The van der Waals surface area contributed by atoms with Gasteiger partial charge in [0.15, 0.2) is 0 Å². The molecule has 0 aliphatic carbocycles. The van der Waals surface area contributed by atoms with Gasteiger partial charge in [0.1, 0.15) is 11.5 Å². The molecule has 1 unspecified atom stereocenters. The highest BCUT2D eigenvalue weighted by Gasteiger charge is 2.19. The van der Waals surface area contributed by atoms with Crippen LogP contribution in [0.3, 0.4) is 0 Å². The number of halogens is 1. The summed E-state index contributed by atoms with van der Waals surface area (Å²) in [4.78, 5) is 0. The molecule has 0 saturated carbocycles. The van der Waals surface area contributed by atoms with Gasteiger partial charge in [-0.2, -0.15) is 5.10 Å². The summed E-state index contributed by atoms with van der Waals surface area (Å²) in [6.07, 6.45) is 0.907. The number of hydrogen-bond acceptors (Lipinski definition) is 2. The van der Waals surface area contributed by atoms with Gasteiger partial charge in [-0.25, -0.2) is 9.07 Å². The Bertz CT molecular complexity index is 631. The molecule has 0 fully saturated rings. The fourth-order valence-corrected chi connectivity index (χ4v) is 2.93. The van der Waals surface area contributed by atoms with Gasteiger partial charge >= 0.3 is 0 Å². The number of aromatic nitrogens is 2. The van der Waals surface area contributed by atoms with Crippen molar-refractivity contribution in [1.29, 1.82) is 0 Å². The molecular weight excluding hydrogens is 265 g/mol. The molecule has 2 aromatic rings. The van der Waals surface area contributed by atoms with Crippen LogP contribution in [0.4, 0.5) is 4.39 Å². The number of nitrogens with one attached hydrogen (secondary N) is 1. The van der Waals surface area contributed by atoms with Crippen LogP contribution in [-0.2, 0) is 6.42 Å². The van der Waals surface area contributed by atoms with Crippen molar-refractivity contribution < 1.29 is 4.39 Å². The molecule has 2 rings (SSSR count). The summed E-state index contributed by atoms with van der Waals surface area (Å²) in [5, 5.41) is 7.91. The fraction of sp³-hybridized carbons (Fsp3) is 0.471. The smallest absolute Gasteiger partial charge is 0.149 e. The van der Waals surface area contributed by atoms with Gasteiger partial charge in [0.2, 0.25) is 0 Å². The zero-order valence-electron chi connectivity index (χ0n) is 13.5. The van der Waals surface area contributed by atoms with Crippen LogP contribution in [0, 0.1) is 19.7 Å². The third-order valence-electron chi connectivity index (χ3n) is 4.00. The number of para-hydroxylation sites is 1. The minimum Gasteiger partial charge on any atom is -0.310 e. The molecule has 0 aliphatic rings. The molecule has 0 aliphatic heterocycles. The summed E-state index contributed by atoms with van der Waals surface area (Å²) in [5.41, 5.74) is 4.68. The summed E-state index contributed by atoms with van der Waals surface area (Å²) < 4.78 is 16.2. The van der Waals surface area contributed by atoms with Crippen LogP contribution in [-0.4, -0.2) is 16.3 Å². The zero-order chi connectivity index (χ0) is 15.6. The van der Waals surface area contributed by atoms with E-state index >= 15 is 0 Å². The summed E-state index contributed by atoms with van der Waals surface area (Å²) in [7, 11) is 0. The summed E-state index contributed by atoms with van der Waals surface area (Å²) in [6.45, 7) is 11.0. The van der Waals surface area contributed by atoms with E-state index in [1.807, 2.05) is 33.8 Å². The van der Waals surface area contributed by atoms with Crippen LogP contribution in [0.2, 0.25) is 0 Å². The van der Waals surface area contributed by atoms with Gasteiger partial charge in [-0.3, -0.25) is 0 Å². The van der Waals surface area contributed by atoms with Gasteiger partial charge in [-0.05, 0) is 50.9 Å². The van der Waals surface area contributed by atoms with Crippen molar-refractivity contribution in [3.05, 3.63) is 46.5 Å². The van der Waals surface area contributed by atoms with E-state index in [1.165, 1.54) is 11.6 Å². The molecule has 0 bridgehead atoms. The summed E-state index contributed by atoms with van der Waals surface area (Å²) in [5.74, 6) is -0.231. The van der Waals surface area contributed by atoms with Crippen LogP contribution < -0.4 is 5.32 Å². The Hall–Kier alpha value is -1.68. The second-order valence-corrected chi connectivity index (χ2v) is 5.37. The quantitative estimate of drug-likeness (QED) is 0.905. The van der Waals surface area contributed by atoms with Crippen molar-refractivity contribution in [2.75, 3.05) is 6.54 Å². The Balaban J connectivity index is 2.63. The van der Waals surface area contributed by atoms with Crippen molar-refractivity contribution in [2.24, 2.45) is 0 Å². The first-order valence-electron chi connectivity index (χ1n) is 7.58. The van der Waals surface area contributed by atoms with E-state index in [4.69, 9.17) is 0 Å². The second kappa shape index (κ2) is 6.39. The molecule has 3 nitrogen and oxygen atoms in total. The molecule has 1 N–H and O–H groups in total. The maximum absolute atomic E-state index is 14.5. The van der Waals surface area contributed by atoms with E-state index < -0.39 is 0 Å². The van der Waals surface area contributed by atoms with E-state index in [0.29, 0.717) is 5.69 Å². The van der Waals surface area contributed by atoms with Crippen molar-refractivity contribution in [3.8, 4) is 5.69 Å². The lowest BCUT2D eigenvalue weighted by atomic mass is 10.0. The molecule has 1 heterocycles. The van der Waals surface area contributed by atoms with Gasteiger partial charge in [0, 0.05) is 11.7 Å². The molecule has 1 aromatic carbocycles. The Kier molecular flexibility index (Phi) is 4.78. The highest BCUT2D eigenvalue weighted by molar-refractivity contribution is 5.46. The molecule has 0 saturated heterocycles. The maximum atomic E-state index is 14.5. The lowest BCUT2D eigenvalue weighted by molar-refractivity contribution is 0.567. The zero-order valence-corrected chi connectivity index (χ0v) is 13.5. The predicted molar refractivity (Wildman–Crippen MR) is 84.5 cm³/mol. The van der Waals surface area contributed by atoms with Crippen LogP contribution in [0.5, 0.6) is 0 Å². The first-order chi connectivity index (χ1) is 10.0. The third kappa shape index (κ3) is 2.86. The second-order valence-electron chi connectivity index (χ2n) is 5.37. The average Bonchev–Trinajstić information content (AvgIpc) is 2.73. The minimum atomic E-state index is -0.231. The Morgan fingerprint density at radius 2 is 2.00 bits per heavy atom. The fourth-order valence-electron chi connectivity index (χ4n) is 2.93. The lowest BCUT2D eigenvalue weighted by Crippen LogP contribution is -2.20. The number of hydrogen-bond donors (Lipinski definition) is 1. The van der Waals surface area contributed by atoms with Gasteiger partial charge in [-0.15, -0.1) is 0 Å². The minimum absolute atomic E-state index is 0.0784. The first-order valence-corrected chi connectivity index (χ1v) is 7.58. The van der Waals surface area contributed by atoms with Crippen LogP contribution in [0.1, 0.15) is 49.3 Å². The van der Waals surface area contributed by atoms with Crippen molar-refractivity contribution in [1.82, 2.24) is 15.1 Å². The number of rotatable bonds is 5.